The highest BCUT2D eigenvalue weighted by molar-refractivity contribution is 7.92. The second-order valence-corrected chi connectivity index (χ2v) is 9.06. The van der Waals surface area contributed by atoms with Crippen LogP contribution in [0.5, 0.6) is 5.75 Å². The Morgan fingerprint density at radius 2 is 1.94 bits per heavy atom. The normalized spacial score (nSPS) is 14.8. The van der Waals surface area contributed by atoms with Crippen LogP contribution in [0.3, 0.4) is 0 Å². The Morgan fingerprint density at radius 1 is 1.13 bits per heavy atom. The predicted molar refractivity (Wildman–Crippen MR) is 113 cm³/mol. The zero-order valence-corrected chi connectivity index (χ0v) is 17.0. The van der Waals surface area contributed by atoms with Gasteiger partial charge in [-0.3, -0.25) is 14.1 Å². The van der Waals surface area contributed by atoms with E-state index in [1.807, 2.05) is 24.3 Å². The summed E-state index contributed by atoms with van der Waals surface area (Å²) in [6, 6.07) is 13.4. The fourth-order valence-electron chi connectivity index (χ4n) is 3.78. The summed E-state index contributed by atoms with van der Waals surface area (Å²) >= 11 is 0. The number of rotatable bonds is 3. The van der Waals surface area contributed by atoms with Crippen LogP contribution in [-0.4, -0.2) is 32.5 Å². The molecule has 1 aromatic heterocycles. The van der Waals surface area contributed by atoms with E-state index in [0.717, 1.165) is 16.8 Å². The molecule has 0 atom stereocenters. The summed E-state index contributed by atoms with van der Waals surface area (Å²) in [7, 11) is -3.87. The van der Waals surface area contributed by atoms with E-state index in [1.54, 1.807) is 6.20 Å². The molecule has 1 N–H and O–H groups in total. The van der Waals surface area contributed by atoms with E-state index in [1.165, 1.54) is 34.8 Å². The number of aromatic nitrogens is 1. The third-order valence-electron chi connectivity index (χ3n) is 5.30. The van der Waals surface area contributed by atoms with Crippen LogP contribution in [0.2, 0.25) is 0 Å². The van der Waals surface area contributed by atoms with Crippen LogP contribution in [0.25, 0.3) is 11.1 Å². The number of hydrogen-bond acceptors (Lipinski definition) is 6. The number of sulfonamides is 1. The quantitative estimate of drug-likeness (QED) is 0.681. The van der Waals surface area contributed by atoms with E-state index in [9.17, 15) is 13.2 Å². The minimum atomic E-state index is -3.87. The summed E-state index contributed by atoms with van der Waals surface area (Å²) in [5, 5.41) is 11.8. The fraction of sp³-hybridized carbons (Fsp3) is 0.136. The molecular weight excluding hydrogens is 416 g/mol. The lowest BCUT2D eigenvalue weighted by atomic mass is 10.0. The van der Waals surface area contributed by atoms with Gasteiger partial charge in [0.1, 0.15) is 12.3 Å². The van der Waals surface area contributed by atoms with Crippen molar-refractivity contribution >= 4 is 27.3 Å². The maximum Gasteiger partial charge on any atom is 0.264 e. The van der Waals surface area contributed by atoms with Crippen LogP contribution in [0.1, 0.15) is 11.1 Å². The first-order chi connectivity index (χ1) is 15.0. The van der Waals surface area contributed by atoms with Crippen molar-refractivity contribution in [2.24, 2.45) is 0 Å². The average Bonchev–Trinajstić information content (AvgIpc) is 3.17. The molecule has 0 saturated carbocycles. The maximum absolute atomic E-state index is 13.3. The van der Waals surface area contributed by atoms with Crippen LogP contribution in [0, 0.1) is 11.3 Å². The summed E-state index contributed by atoms with van der Waals surface area (Å²) in [5.74, 6) is 0.360. The monoisotopic (exact) mass is 432 g/mol. The molecule has 0 spiro atoms. The van der Waals surface area contributed by atoms with Crippen LogP contribution in [0.4, 0.5) is 11.4 Å². The van der Waals surface area contributed by atoms with E-state index in [4.69, 9.17) is 10.00 Å². The predicted octanol–water partition coefficient (Wildman–Crippen LogP) is 2.70. The van der Waals surface area contributed by atoms with E-state index >= 15 is 0 Å². The SMILES string of the molecule is N#Cc1ccc(S(=O)(=O)N2CCOc3c(-c4ccc5c(c4)NC(=O)C5)cncc32)cc1. The van der Waals surface area contributed by atoms with Gasteiger partial charge in [0.2, 0.25) is 5.91 Å². The maximum atomic E-state index is 13.3. The molecule has 8 nitrogen and oxygen atoms in total. The number of nitriles is 1. The van der Waals surface area contributed by atoms with Crippen LogP contribution in [0.15, 0.2) is 59.8 Å². The Balaban J connectivity index is 1.58. The van der Waals surface area contributed by atoms with Crippen molar-refractivity contribution in [2.45, 2.75) is 11.3 Å². The van der Waals surface area contributed by atoms with Crippen molar-refractivity contribution in [3.8, 4) is 22.9 Å². The van der Waals surface area contributed by atoms with E-state index in [2.05, 4.69) is 10.3 Å². The number of carbonyl (C=O) groups excluding carboxylic acids is 1. The van der Waals surface area contributed by atoms with Crippen molar-refractivity contribution < 1.29 is 17.9 Å². The summed E-state index contributed by atoms with van der Waals surface area (Å²) in [6.45, 7) is 0.321. The topological polar surface area (TPSA) is 112 Å². The largest absolute Gasteiger partial charge is 0.489 e. The highest BCUT2D eigenvalue weighted by atomic mass is 32.2. The van der Waals surface area contributed by atoms with Crippen molar-refractivity contribution in [3.63, 3.8) is 0 Å². The van der Waals surface area contributed by atoms with Gasteiger partial charge in [-0.05, 0) is 41.5 Å². The van der Waals surface area contributed by atoms with Gasteiger partial charge in [-0.1, -0.05) is 12.1 Å². The number of amides is 1. The highest BCUT2D eigenvalue weighted by Crippen LogP contribution is 2.42. The summed E-state index contributed by atoms with van der Waals surface area (Å²) in [5.41, 5.74) is 3.78. The highest BCUT2D eigenvalue weighted by Gasteiger charge is 2.32. The zero-order valence-electron chi connectivity index (χ0n) is 16.2. The minimum Gasteiger partial charge on any atom is -0.489 e. The van der Waals surface area contributed by atoms with Crippen molar-refractivity contribution in [3.05, 3.63) is 66.0 Å². The summed E-state index contributed by atoms with van der Waals surface area (Å²) in [4.78, 5) is 16.0. The number of hydrogen-bond donors (Lipinski definition) is 1. The molecule has 0 bridgehead atoms. The lowest BCUT2D eigenvalue weighted by Crippen LogP contribution is -2.38. The van der Waals surface area contributed by atoms with E-state index in [0.29, 0.717) is 29.0 Å². The van der Waals surface area contributed by atoms with Gasteiger partial charge in [0.25, 0.3) is 10.0 Å². The Bertz CT molecular complexity index is 1360. The molecule has 3 heterocycles. The van der Waals surface area contributed by atoms with Crippen molar-refractivity contribution in [2.75, 3.05) is 22.8 Å². The van der Waals surface area contributed by atoms with Gasteiger partial charge in [-0.2, -0.15) is 5.26 Å². The Morgan fingerprint density at radius 3 is 2.71 bits per heavy atom. The molecule has 0 unspecified atom stereocenters. The van der Waals surface area contributed by atoms with Crippen molar-refractivity contribution in [1.82, 2.24) is 4.98 Å². The summed E-state index contributed by atoms with van der Waals surface area (Å²) in [6.07, 6.45) is 3.43. The van der Waals surface area contributed by atoms with Crippen LogP contribution in [-0.2, 0) is 21.2 Å². The molecule has 2 aliphatic rings. The molecule has 0 radical (unpaired) electrons. The Labute approximate surface area is 178 Å². The molecule has 9 heteroatoms. The fourth-order valence-corrected chi connectivity index (χ4v) is 5.22. The number of nitrogens with zero attached hydrogens (tertiary/aromatic N) is 3. The van der Waals surface area contributed by atoms with Gasteiger partial charge in [-0.15, -0.1) is 0 Å². The van der Waals surface area contributed by atoms with Crippen LogP contribution < -0.4 is 14.4 Å². The van der Waals surface area contributed by atoms with Gasteiger partial charge in [0, 0.05) is 17.4 Å². The molecule has 0 fully saturated rings. The molecule has 0 aliphatic carbocycles. The van der Waals surface area contributed by atoms with Crippen LogP contribution >= 0.6 is 0 Å². The third kappa shape index (κ3) is 3.17. The molecule has 1 amide bonds. The molecule has 3 aromatic rings. The minimum absolute atomic E-state index is 0.0590. The van der Waals surface area contributed by atoms with E-state index < -0.39 is 10.0 Å². The van der Waals surface area contributed by atoms with Gasteiger partial charge in [-0.25, -0.2) is 8.42 Å². The second-order valence-electron chi connectivity index (χ2n) is 7.19. The zero-order chi connectivity index (χ0) is 21.6. The first-order valence-corrected chi connectivity index (χ1v) is 11.0. The second kappa shape index (κ2) is 7.11. The number of pyridine rings is 1. The van der Waals surface area contributed by atoms with Crippen molar-refractivity contribution in [1.29, 1.82) is 5.26 Å². The lowest BCUT2D eigenvalue weighted by Gasteiger charge is -2.31. The standard InChI is InChI=1S/C22H16N4O4S/c23-11-14-1-5-17(6-2-14)31(28,29)26-7-8-30-22-18(12-24-13-20(22)26)15-3-4-16-10-21(27)25-19(16)9-15/h1-6,9,12-13H,7-8,10H2,(H,25,27). The number of anilines is 2. The van der Waals surface area contributed by atoms with Gasteiger partial charge >= 0.3 is 0 Å². The number of fused-ring (bicyclic) bond motifs is 2. The first kappa shape index (κ1) is 19.1. The number of benzene rings is 2. The lowest BCUT2D eigenvalue weighted by molar-refractivity contribution is -0.115. The molecule has 2 aromatic carbocycles. The van der Waals surface area contributed by atoms with Gasteiger partial charge < -0.3 is 10.1 Å². The molecule has 2 aliphatic heterocycles. The third-order valence-corrected chi connectivity index (χ3v) is 7.13. The summed E-state index contributed by atoms with van der Waals surface area (Å²) < 4.78 is 33.7. The first-order valence-electron chi connectivity index (χ1n) is 9.54. The Kier molecular flexibility index (Phi) is 4.38. The average molecular weight is 432 g/mol. The molecule has 31 heavy (non-hydrogen) atoms. The molecule has 154 valence electrons. The molecule has 5 rings (SSSR count). The molecular formula is C22H16N4O4S. The van der Waals surface area contributed by atoms with E-state index in [-0.39, 0.29) is 24.0 Å². The number of nitrogens with one attached hydrogen (secondary N) is 1. The molecule has 0 saturated heterocycles. The number of ether oxygens (including phenoxy) is 1. The van der Waals surface area contributed by atoms with Gasteiger partial charge in [0.15, 0.2) is 5.75 Å². The smallest absolute Gasteiger partial charge is 0.264 e. The van der Waals surface area contributed by atoms with Gasteiger partial charge in [0.05, 0.1) is 35.7 Å². The Hall–Kier alpha value is -3.90. The number of carbonyl (C=O) groups is 1.